The maximum atomic E-state index is 10.9. The summed E-state index contributed by atoms with van der Waals surface area (Å²) >= 11 is -2.07. The van der Waals surface area contributed by atoms with Gasteiger partial charge in [0.05, 0.1) is 0 Å². The third-order valence-electron chi connectivity index (χ3n) is 5.43. The Bertz CT molecular complexity index is 1170. The number of aryl methyl sites for hydroxylation is 1. The molecule has 3 aromatic carbocycles. The molecule has 0 fully saturated rings. The van der Waals surface area contributed by atoms with Crippen LogP contribution in [0.4, 0.5) is 0 Å². The molecule has 0 saturated heterocycles. The van der Waals surface area contributed by atoms with Crippen molar-refractivity contribution < 1.29 is 8.76 Å². The van der Waals surface area contributed by atoms with Crippen LogP contribution in [-0.2, 0) is 16.8 Å². The first kappa shape index (κ1) is 19.5. The Kier molecular flexibility index (Phi) is 5.56. The van der Waals surface area contributed by atoms with Crippen molar-refractivity contribution in [2.24, 2.45) is 0 Å². The normalized spacial score (nSPS) is 13.3. The van der Waals surface area contributed by atoms with E-state index in [1.807, 2.05) is 36.5 Å². The van der Waals surface area contributed by atoms with Gasteiger partial charge in [0.2, 0.25) is 0 Å². The average Bonchev–Trinajstić information content (AvgIpc) is 2.73. The Morgan fingerprint density at radius 1 is 0.966 bits per heavy atom. The Hall–Kier alpha value is -2.82. The van der Waals surface area contributed by atoms with Gasteiger partial charge in [-0.1, -0.05) is 84.7 Å². The van der Waals surface area contributed by atoms with E-state index in [-0.39, 0.29) is 11.7 Å². The lowest BCUT2D eigenvalue weighted by Crippen LogP contribution is -2.02. The largest absolute Gasteiger partial charge is 0.772 e. The molecule has 29 heavy (non-hydrogen) atoms. The first-order chi connectivity index (χ1) is 14.0. The molecule has 146 valence electrons. The van der Waals surface area contributed by atoms with Crippen molar-refractivity contribution in [3.05, 3.63) is 101 Å². The zero-order valence-electron chi connectivity index (χ0n) is 16.5. The highest BCUT2D eigenvalue weighted by Gasteiger charge is 2.16. The average molecular weight is 401 g/mol. The van der Waals surface area contributed by atoms with E-state index in [1.165, 1.54) is 16.5 Å². The Labute approximate surface area is 173 Å². The molecule has 4 rings (SSSR count). The summed E-state index contributed by atoms with van der Waals surface area (Å²) in [5, 5.41) is 2.33. The Morgan fingerprint density at radius 3 is 2.34 bits per heavy atom. The van der Waals surface area contributed by atoms with Gasteiger partial charge in [-0.3, -0.25) is 9.19 Å². The van der Waals surface area contributed by atoms with Crippen molar-refractivity contribution in [3.8, 4) is 11.1 Å². The van der Waals surface area contributed by atoms with Gasteiger partial charge in [-0.15, -0.1) is 0 Å². The number of nitrogens with zero attached hydrogens (tertiary/aromatic N) is 1. The smallest absolute Gasteiger partial charge is 0.0417 e. The van der Waals surface area contributed by atoms with Crippen LogP contribution in [0.5, 0.6) is 0 Å². The summed E-state index contributed by atoms with van der Waals surface area (Å²) in [6, 6.07) is 24.6. The molecule has 2 atom stereocenters. The molecule has 0 saturated carbocycles. The van der Waals surface area contributed by atoms with Crippen LogP contribution in [0.15, 0.2) is 79.0 Å². The predicted molar refractivity (Wildman–Crippen MR) is 118 cm³/mol. The van der Waals surface area contributed by atoms with E-state index in [2.05, 4.69) is 61.3 Å². The van der Waals surface area contributed by atoms with Gasteiger partial charge in [-0.2, -0.15) is 0 Å². The molecular weight excluding hydrogens is 378 g/mol. The molecule has 0 N–H and O–H groups in total. The number of pyridine rings is 1. The van der Waals surface area contributed by atoms with Crippen molar-refractivity contribution in [1.82, 2.24) is 4.98 Å². The van der Waals surface area contributed by atoms with Gasteiger partial charge in [0.25, 0.3) is 0 Å². The lowest BCUT2D eigenvalue weighted by Gasteiger charge is -2.18. The number of benzene rings is 3. The van der Waals surface area contributed by atoms with E-state index >= 15 is 0 Å². The van der Waals surface area contributed by atoms with Crippen LogP contribution >= 0.6 is 0 Å². The summed E-state index contributed by atoms with van der Waals surface area (Å²) < 4.78 is 21.8. The number of hydrogen-bond acceptors (Lipinski definition) is 3. The second kappa shape index (κ2) is 8.27. The monoisotopic (exact) mass is 400 g/mol. The van der Waals surface area contributed by atoms with Crippen LogP contribution in [-0.4, -0.2) is 13.7 Å². The molecule has 3 nitrogen and oxygen atoms in total. The summed E-state index contributed by atoms with van der Waals surface area (Å²) in [5.74, 6) is 0.277. The maximum Gasteiger partial charge on any atom is 0.0417 e. The highest BCUT2D eigenvalue weighted by Crippen LogP contribution is 2.34. The molecule has 0 amide bonds. The van der Waals surface area contributed by atoms with E-state index < -0.39 is 11.1 Å². The SMILES string of the molecule is Cc1ncc2ccc(-c3ccc(CS(=O)[O-])cc3)cc2c1C(C)c1ccccc1. The van der Waals surface area contributed by atoms with Crippen LogP contribution in [0, 0.1) is 6.92 Å². The van der Waals surface area contributed by atoms with Gasteiger partial charge in [0.15, 0.2) is 0 Å². The number of aromatic nitrogens is 1. The molecule has 4 aromatic rings. The second-order valence-electron chi connectivity index (χ2n) is 7.34. The van der Waals surface area contributed by atoms with Crippen LogP contribution in [0.25, 0.3) is 21.9 Å². The van der Waals surface area contributed by atoms with Crippen molar-refractivity contribution in [3.63, 3.8) is 0 Å². The van der Waals surface area contributed by atoms with Crippen LogP contribution < -0.4 is 0 Å². The zero-order chi connectivity index (χ0) is 20.4. The molecule has 4 heteroatoms. The van der Waals surface area contributed by atoms with E-state index in [9.17, 15) is 8.76 Å². The van der Waals surface area contributed by atoms with Gasteiger partial charge in [-0.05, 0) is 46.2 Å². The van der Waals surface area contributed by atoms with Crippen molar-refractivity contribution >= 4 is 21.9 Å². The Balaban J connectivity index is 1.80. The van der Waals surface area contributed by atoms with E-state index in [0.717, 1.165) is 27.8 Å². The fourth-order valence-electron chi connectivity index (χ4n) is 3.90. The first-order valence-corrected chi connectivity index (χ1v) is 10.9. The summed E-state index contributed by atoms with van der Waals surface area (Å²) in [4.78, 5) is 4.64. The number of hydrogen-bond donors (Lipinski definition) is 0. The predicted octanol–water partition coefficient (Wildman–Crippen LogP) is 5.74. The molecule has 0 aliphatic heterocycles. The quantitative estimate of drug-likeness (QED) is 0.401. The third-order valence-corrected chi connectivity index (χ3v) is 6.00. The molecule has 1 aromatic heterocycles. The highest BCUT2D eigenvalue weighted by molar-refractivity contribution is 7.78. The molecule has 1 heterocycles. The summed E-state index contributed by atoms with van der Waals surface area (Å²) in [6.07, 6.45) is 1.93. The lowest BCUT2D eigenvalue weighted by atomic mass is 9.87. The van der Waals surface area contributed by atoms with Crippen LogP contribution in [0.2, 0.25) is 0 Å². The Morgan fingerprint density at radius 2 is 1.66 bits per heavy atom. The van der Waals surface area contributed by atoms with E-state index in [0.29, 0.717) is 0 Å². The van der Waals surface area contributed by atoms with Crippen LogP contribution in [0.3, 0.4) is 0 Å². The zero-order valence-corrected chi connectivity index (χ0v) is 17.3. The van der Waals surface area contributed by atoms with Crippen molar-refractivity contribution in [1.29, 1.82) is 0 Å². The molecule has 2 unspecified atom stereocenters. The minimum Gasteiger partial charge on any atom is -0.772 e. The van der Waals surface area contributed by atoms with Gasteiger partial charge in [-0.25, -0.2) is 0 Å². The highest BCUT2D eigenvalue weighted by atomic mass is 32.2. The number of fused-ring (bicyclic) bond motifs is 1. The summed E-state index contributed by atoms with van der Waals surface area (Å²) in [6.45, 7) is 4.29. The first-order valence-electron chi connectivity index (χ1n) is 9.62. The van der Waals surface area contributed by atoms with E-state index in [1.54, 1.807) is 0 Å². The summed E-state index contributed by atoms with van der Waals surface area (Å²) in [7, 11) is 0. The molecule has 0 aliphatic rings. The standard InChI is InChI=1S/C25H23NO2S/c1-17(20-6-4-3-5-7-20)25-18(2)26-15-23-13-12-22(14-24(23)25)21-10-8-19(9-11-21)16-29(27)28/h3-15,17H,16H2,1-2H3,(H,27,28)/p-1. The van der Waals surface area contributed by atoms with Crippen LogP contribution in [0.1, 0.15) is 35.2 Å². The van der Waals surface area contributed by atoms with Gasteiger partial charge < -0.3 is 4.55 Å². The summed E-state index contributed by atoms with van der Waals surface area (Å²) in [5.41, 5.74) is 6.53. The fraction of sp³-hybridized carbons (Fsp3) is 0.160. The fourth-order valence-corrected chi connectivity index (χ4v) is 4.36. The third kappa shape index (κ3) is 4.14. The molecule has 0 spiro atoms. The molecule has 0 aliphatic carbocycles. The topological polar surface area (TPSA) is 53.0 Å². The van der Waals surface area contributed by atoms with Gasteiger partial charge >= 0.3 is 0 Å². The molecule has 0 bridgehead atoms. The minimum absolute atomic E-state index is 0.0433. The van der Waals surface area contributed by atoms with Gasteiger partial charge in [0, 0.05) is 28.9 Å². The van der Waals surface area contributed by atoms with E-state index in [4.69, 9.17) is 0 Å². The lowest BCUT2D eigenvalue weighted by molar-refractivity contribution is 0.536. The van der Waals surface area contributed by atoms with Crippen molar-refractivity contribution in [2.75, 3.05) is 0 Å². The minimum atomic E-state index is -2.07. The maximum absolute atomic E-state index is 10.9. The molecule has 0 radical (unpaired) electrons. The van der Waals surface area contributed by atoms with Gasteiger partial charge in [0.1, 0.15) is 0 Å². The van der Waals surface area contributed by atoms with Crippen molar-refractivity contribution in [2.45, 2.75) is 25.5 Å². The second-order valence-corrected chi connectivity index (χ2v) is 8.23. The molecular formula is C25H22NO2S-. The number of rotatable bonds is 5.